The molecule has 0 aliphatic carbocycles. The lowest BCUT2D eigenvalue weighted by molar-refractivity contribution is 0.0984. The summed E-state index contributed by atoms with van der Waals surface area (Å²) in [6.07, 6.45) is 0. The molecule has 2 aromatic heterocycles. The Balaban J connectivity index is 1.37. The topological polar surface area (TPSA) is 109 Å². The van der Waals surface area contributed by atoms with Crippen molar-refractivity contribution in [3.8, 4) is 11.4 Å². The zero-order chi connectivity index (χ0) is 22.9. The molecule has 5 rings (SSSR count). The summed E-state index contributed by atoms with van der Waals surface area (Å²) in [5.41, 5.74) is 3.82. The molecule has 33 heavy (non-hydrogen) atoms. The van der Waals surface area contributed by atoms with Crippen LogP contribution in [-0.4, -0.2) is 58.9 Å². The van der Waals surface area contributed by atoms with Crippen molar-refractivity contribution in [2.75, 3.05) is 42.3 Å². The van der Waals surface area contributed by atoms with Gasteiger partial charge in [0.05, 0.1) is 24.9 Å². The molecule has 4 heterocycles. The molecule has 10 heteroatoms. The number of carbonyl (C=O) groups excluding carboxylic acids is 1. The molecule has 172 valence electrons. The van der Waals surface area contributed by atoms with Gasteiger partial charge in [-0.1, -0.05) is 5.16 Å². The number of rotatable bonds is 4. The second-order valence-corrected chi connectivity index (χ2v) is 8.56. The number of hydrogen-bond donors (Lipinski definition) is 2. The van der Waals surface area contributed by atoms with E-state index in [9.17, 15) is 4.79 Å². The predicted molar refractivity (Wildman–Crippen MR) is 124 cm³/mol. The summed E-state index contributed by atoms with van der Waals surface area (Å²) in [6, 6.07) is 9.03. The first kappa shape index (κ1) is 21.4. The second kappa shape index (κ2) is 8.80. The largest absolute Gasteiger partial charge is 0.377 e. The van der Waals surface area contributed by atoms with Crippen molar-refractivity contribution in [3.63, 3.8) is 0 Å². The Kier molecular flexibility index (Phi) is 5.69. The molecule has 2 amide bonds. The fourth-order valence-electron chi connectivity index (χ4n) is 4.21. The van der Waals surface area contributed by atoms with Crippen molar-refractivity contribution in [1.82, 2.24) is 20.0 Å². The number of carbonyl (C=O) groups is 1. The fourth-order valence-corrected chi connectivity index (χ4v) is 4.21. The summed E-state index contributed by atoms with van der Waals surface area (Å²) in [4.78, 5) is 26.6. The van der Waals surface area contributed by atoms with Gasteiger partial charge in [-0.05, 0) is 45.2 Å². The Labute approximate surface area is 191 Å². The van der Waals surface area contributed by atoms with Crippen molar-refractivity contribution in [1.29, 1.82) is 0 Å². The van der Waals surface area contributed by atoms with Crippen LogP contribution in [0.25, 0.3) is 11.4 Å². The summed E-state index contributed by atoms with van der Waals surface area (Å²) >= 11 is 0. The first-order valence-corrected chi connectivity index (χ1v) is 11.0. The van der Waals surface area contributed by atoms with E-state index in [1.54, 1.807) is 13.0 Å². The van der Waals surface area contributed by atoms with Crippen LogP contribution in [0.15, 0.2) is 34.9 Å². The highest BCUT2D eigenvalue weighted by atomic mass is 16.5. The van der Waals surface area contributed by atoms with Crippen LogP contribution in [-0.2, 0) is 17.8 Å². The monoisotopic (exact) mass is 449 g/mol. The third-order valence-corrected chi connectivity index (χ3v) is 5.83. The molecular formula is C23H27N7O3. The Morgan fingerprint density at radius 1 is 1.15 bits per heavy atom. The van der Waals surface area contributed by atoms with Crippen LogP contribution in [0.1, 0.15) is 23.9 Å². The molecule has 0 saturated carbocycles. The van der Waals surface area contributed by atoms with E-state index in [0.29, 0.717) is 36.3 Å². The molecule has 2 aliphatic heterocycles. The number of nitrogens with one attached hydrogen (secondary N) is 2. The molecule has 2 aliphatic rings. The minimum Gasteiger partial charge on any atom is -0.377 e. The number of amides is 2. The van der Waals surface area contributed by atoms with E-state index in [4.69, 9.17) is 19.2 Å². The molecule has 0 bridgehead atoms. The Morgan fingerprint density at radius 3 is 2.70 bits per heavy atom. The van der Waals surface area contributed by atoms with Gasteiger partial charge in [-0.3, -0.25) is 10.2 Å². The van der Waals surface area contributed by atoms with Crippen LogP contribution in [0.5, 0.6) is 0 Å². The zero-order valence-electron chi connectivity index (χ0n) is 19.0. The highest BCUT2D eigenvalue weighted by Gasteiger charge is 2.29. The minimum atomic E-state index is -0.392. The molecular weight excluding hydrogens is 422 g/mol. The van der Waals surface area contributed by atoms with Gasteiger partial charge in [0.25, 0.3) is 0 Å². The SMILES string of the molecule is Cc1cc(NC(=O)Nc2ccc(-c3nc4c(c(N5CCOC[C@@H]5C)n3)CN(C)C4)cc2)no1. The smallest absolute Gasteiger partial charge is 0.324 e. The molecule has 0 unspecified atom stereocenters. The van der Waals surface area contributed by atoms with Gasteiger partial charge in [0.15, 0.2) is 11.6 Å². The maximum Gasteiger partial charge on any atom is 0.324 e. The number of ether oxygens (including phenoxy) is 1. The molecule has 0 radical (unpaired) electrons. The van der Waals surface area contributed by atoms with E-state index < -0.39 is 6.03 Å². The molecule has 2 N–H and O–H groups in total. The number of nitrogens with zero attached hydrogens (tertiary/aromatic N) is 5. The van der Waals surface area contributed by atoms with Crippen molar-refractivity contribution < 1.29 is 14.1 Å². The lowest BCUT2D eigenvalue weighted by Crippen LogP contribution is -2.44. The molecule has 1 atom stereocenters. The number of morpholine rings is 1. The third-order valence-electron chi connectivity index (χ3n) is 5.83. The lowest BCUT2D eigenvalue weighted by atomic mass is 10.1. The van der Waals surface area contributed by atoms with Crippen LogP contribution in [0.2, 0.25) is 0 Å². The van der Waals surface area contributed by atoms with Gasteiger partial charge in [-0.15, -0.1) is 0 Å². The maximum absolute atomic E-state index is 12.2. The lowest BCUT2D eigenvalue weighted by Gasteiger charge is -2.35. The number of fused-ring (bicyclic) bond motifs is 1. The third kappa shape index (κ3) is 4.53. The summed E-state index contributed by atoms with van der Waals surface area (Å²) < 4.78 is 10.6. The van der Waals surface area contributed by atoms with E-state index >= 15 is 0 Å². The number of hydrogen-bond acceptors (Lipinski definition) is 8. The Morgan fingerprint density at radius 2 is 1.97 bits per heavy atom. The van der Waals surface area contributed by atoms with Gasteiger partial charge < -0.3 is 19.5 Å². The van der Waals surface area contributed by atoms with E-state index in [-0.39, 0.29) is 6.04 Å². The average Bonchev–Trinajstić information content (AvgIpc) is 3.38. The number of aromatic nitrogens is 3. The molecule has 1 saturated heterocycles. The highest BCUT2D eigenvalue weighted by Crippen LogP contribution is 2.33. The molecule has 3 aromatic rings. The van der Waals surface area contributed by atoms with Gasteiger partial charge in [0.1, 0.15) is 11.6 Å². The fraction of sp³-hybridized carbons (Fsp3) is 0.391. The normalized spacial score (nSPS) is 18.3. The van der Waals surface area contributed by atoms with Crippen molar-refractivity contribution in [3.05, 3.63) is 47.3 Å². The summed E-state index contributed by atoms with van der Waals surface area (Å²) in [5.74, 6) is 2.68. The number of benzene rings is 1. The number of anilines is 3. The van der Waals surface area contributed by atoms with Gasteiger partial charge in [-0.2, -0.15) is 0 Å². The number of aryl methyl sites for hydroxylation is 1. The van der Waals surface area contributed by atoms with Gasteiger partial charge in [-0.25, -0.2) is 14.8 Å². The van der Waals surface area contributed by atoms with Crippen molar-refractivity contribution in [2.24, 2.45) is 0 Å². The molecule has 0 spiro atoms. The quantitative estimate of drug-likeness (QED) is 0.625. The molecule has 1 fully saturated rings. The summed E-state index contributed by atoms with van der Waals surface area (Å²) in [5, 5.41) is 9.19. The van der Waals surface area contributed by atoms with Gasteiger partial charge >= 0.3 is 6.03 Å². The summed E-state index contributed by atoms with van der Waals surface area (Å²) in [6.45, 7) is 7.79. The highest BCUT2D eigenvalue weighted by molar-refractivity contribution is 5.99. The van der Waals surface area contributed by atoms with Crippen LogP contribution < -0.4 is 15.5 Å². The molecule has 10 nitrogen and oxygen atoms in total. The van der Waals surface area contributed by atoms with E-state index in [0.717, 1.165) is 36.7 Å². The average molecular weight is 450 g/mol. The number of urea groups is 1. The first-order chi connectivity index (χ1) is 16.0. The van der Waals surface area contributed by atoms with Crippen molar-refractivity contribution >= 4 is 23.4 Å². The maximum atomic E-state index is 12.2. The van der Waals surface area contributed by atoms with Crippen LogP contribution in [0.4, 0.5) is 22.1 Å². The van der Waals surface area contributed by atoms with E-state index in [2.05, 4.69) is 39.6 Å². The van der Waals surface area contributed by atoms with Crippen LogP contribution in [0, 0.1) is 6.92 Å². The van der Waals surface area contributed by atoms with Crippen LogP contribution in [0.3, 0.4) is 0 Å². The predicted octanol–water partition coefficient (Wildman–Crippen LogP) is 3.25. The molecule has 1 aromatic carbocycles. The Hall–Kier alpha value is -3.50. The van der Waals surface area contributed by atoms with Gasteiger partial charge in [0, 0.05) is 42.5 Å². The first-order valence-electron chi connectivity index (χ1n) is 11.0. The second-order valence-electron chi connectivity index (χ2n) is 8.56. The van der Waals surface area contributed by atoms with Crippen molar-refractivity contribution in [2.45, 2.75) is 33.0 Å². The van der Waals surface area contributed by atoms with Crippen LogP contribution >= 0.6 is 0 Å². The zero-order valence-corrected chi connectivity index (χ0v) is 19.0. The van der Waals surface area contributed by atoms with E-state index in [1.165, 1.54) is 5.56 Å². The van der Waals surface area contributed by atoms with Gasteiger partial charge in [0.2, 0.25) is 0 Å². The standard InChI is InChI=1S/C23H27N7O3/c1-14-13-32-9-8-30(14)22-18-11-29(3)12-19(18)25-21(27-22)16-4-6-17(7-5-16)24-23(31)26-20-10-15(2)33-28-20/h4-7,10,14H,8-9,11-13H2,1-3H3,(H2,24,26,28,31)/t14-/m0/s1. The Bertz CT molecular complexity index is 1160. The van der Waals surface area contributed by atoms with E-state index in [1.807, 2.05) is 24.3 Å². The summed E-state index contributed by atoms with van der Waals surface area (Å²) in [7, 11) is 2.10. The minimum absolute atomic E-state index is 0.259.